The Morgan fingerprint density at radius 1 is 0.913 bits per heavy atom. The number of hydrogen-bond donors (Lipinski definition) is 1. The van der Waals surface area contributed by atoms with Gasteiger partial charge in [0.05, 0.1) is 22.9 Å². The monoisotopic (exact) mass is 636 g/mol. The second-order valence-electron chi connectivity index (χ2n) is 11.8. The summed E-state index contributed by atoms with van der Waals surface area (Å²) in [5.41, 5.74) is 3.23. The van der Waals surface area contributed by atoms with E-state index >= 15 is 0 Å². The topological polar surface area (TPSA) is 110 Å². The molecule has 0 amide bonds. The number of para-hydroxylation sites is 1. The van der Waals surface area contributed by atoms with Gasteiger partial charge in [0.15, 0.2) is 15.5 Å². The van der Waals surface area contributed by atoms with Crippen molar-refractivity contribution in [2.45, 2.75) is 23.8 Å². The van der Waals surface area contributed by atoms with E-state index in [1.165, 1.54) is 42.8 Å². The molecule has 1 unspecified atom stereocenters. The first-order chi connectivity index (χ1) is 22.4. The van der Waals surface area contributed by atoms with Gasteiger partial charge in [-0.1, -0.05) is 36.4 Å². The standard InChI is InChI=1S/C35H36N6O4S/c1-45-20-21-46(43,44)32-12-6-5-11-30(32)31-22-25-23-36-35(38-33(25)41(34(31)42)28-8-3-2-4-9-28)37-26-13-15-27(16-14-26)40-19-18-39-17-7-10-29(39)24-40/h2-6,8-9,11-16,22-23,29H,7,10,17-21,24H2,1H3,(H,36,37,38). The van der Waals surface area contributed by atoms with E-state index in [1.54, 1.807) is 30.5 Å². The van der Waals surface area contributed by atoms with Gasteiger partial charge in [-0.15, -0.1) is 0 Å². The molecule has 0 spiro atoms. The predicted molar refractivity (Wildman–Crippen MR) is 181 cm³/mol. The average molecular weight is 637 g/mol. The number of nitrogens with zero attached hydrogens (tertiary/aromatic N) is 5. The van der Waals surface area contributed by atoms with Crippen molar-refractivity contribution in [2.24, 2.45) is 0 Å². The lowest BCUT2D eigenvalue weighted by molar-refractivity contribution is 0.217. The van der Waals surface area contributed by atoms with E-state index in [0.717, 1.165) is 25.3 Å². The van der Waals surface area contributed by atoms with Crippen molar-refractivity contribution in [3.05, 3.63) is 101 Å². The number of aromatic nitrogens is 3. The molecule has 2 aliphatic rings. The van der Waals surface area contributed by atoms with Gasteiger partial charge < -0.3 is 15.0 Å². The quantitative estimate of drug-likeness (QED) is 0.242. The fraction of sp³-hybridized carbons (Fsp3) is 0.286. The Morgan fingerprint density at radius 2 is 1.70 bits per heavy atom. The van der Waals surface area contributed by atoms with Gasteiger partial charge in [0, 0.05) is 66.9 Å². The number of ether oxygens (including phenoxy) is 1. The summed E-state index contributed by atoms with van der Waals surface area (Å²) < 4.78 is 33.1. The Morgan fingerprint density at radius 3 is 2.50 bits per heavy atom. The molecule has 2 aromatic heterocycles. The molecule has 236 valence electrons. The van der Waals surface area contributed by atoms with Crippen LogP contribution in [0.5, 0.6) is 0 Å². The third kappa shape index (κ3) is 5.89. The molecule has 10 nitrogen and oxygen atoms in total. The van der Waals surface area contributed by atoms with Crippen LogP contribution in [0, 0.1) is 0 Å². The highest BCUT2D eigenvalue weighted by Crippen LogP contribution is 2.30. The van der Waals surface area contributed by atoms with Gasteiger partial charge >= 0.3 is 0 Å². The molecule has 0 radical (unpaired) electrons. The minimum absolute atomic E-state index is 0.0481. The van der Waals surface area contributed by atoms with Crippen LogP contribution in [0.2, 0.25) is 0 Å². The second kappa shape index (κ2) is 12.7. The summed E-state index contributed by atoms with van der Waals surface area (Å²) in [5, 5.41) is 3.89. The minimum Gasteiger partial charge on any atom is -0.384 e. The summed E-state index contributed by atoms with van der Waals surface area (Å²) >= 11 is 0. The number of fused-ring (bicyclic) bond motifs is 2. The number of anilines is 3. The van der Waals surface area contributed by atoms with E-state index in [2.05, 4.69) is 32.2 Å². The molecule has 2 saturated heterocycles. The fourth-order valence-electron chi connectivity index (χ4n) is 6.54. The van der Waals surface area contributed by atoms with Crippen LogP contribution in [0.15, 0.2) is 101 Å². The molecule has 0 saturated carbocycles. The van der Waals surface area contributed by atoms with Gasteiger partial charge in [-0.3, -0.25) is 14.3 Å². The lowest BCUT2D eigenvalue weighted by atomic mass is 10.1. The number of methoxy groups -OCH3 is 1. The Labute approximate surface area is 268 Å². The zero-order valence-electron chi connectivity index (χ0n) is 25.7. The van der Waals surface area contributed by atoms with E-state index in [1.807, 2.05) is 42.5 Å². The van der Waals surface area contributed by atoms with Crippen molar-refractivity contribution in [1.29, 1.82) is 0 Å². The highest BCUT2D eigenvalue weighted by atomic mass is 32.2. The fourth-order valence-corrected chi connectivity index (χ4v) is 7.95. The van der Waals surface area contributed by atoms with Crippen molar-refractivity contribution in [3.63, 3.8) is 0 Å². The van der Waals surface area contributed by atoms with E-state index in [-0.39, 0.29) is 28.4 Å². The molecule has 1 atom stereocenters. The Kier molecular flexibility index (Phi) is 8.29. The molecule has 3 aromatic carbocycles. The Bertz CT molecular complexity index is 2030. The number of hydrogen-bond acceptors (Lipinski definition) is 9. The van der Waals surface area contributed by atoms with Crippen LogP contribution in [-0.2, 0) is 14.6 Å². The largest absolute Gasteiger partial charge is 0.384 e. The smallest absolute Gasteiger partial charge is 0.264 e. The van der Waals surface area contributed by atoms with Crippen molar-refractivity contribution >= 4 is 38.2 Å². The van der Waals surface area contributed by atoms with Crippen LogP contribution < -0.4 is 15.8 Å². The van der Waals surface area contributed by atoms with Crippen LogP contribution in [0.25, 0.3) is 27.8 Å². The van der Waals surface area contributed by atoms with Crippen molar-refractivity contribution in [2.75, 3.05) is 55.9 Å². The third-order valence-electron chi connectivity index (χ3n) is 8.90. The second-order valence-corrected chi connectivity index (χ2v) is 13.8. The molecular formula is C35H36N6O4S. The van der Waals surface area contributed by atoms with Gasteiger partial charge in [0.25, 0.3) is 5.56 Å². The molecule has 2 aliphatic heterocycles. The summed E-state index contributed by atoms with van der Waals surface area (Å²) in [5.74, 6) is 0.149. The van der Waals surface area contributed by atoms with Crippen molar-refractivity contribution in [1.82, 2.24) is 19.4 Å². The minimum atomic E-state index is -3.72. The Hall–Kier alpha value is -4.58. The lowest BCUT2D eigenvalue weighted by Gasteiger charge is -2.38. The summed E-state index contributed by atoms with van der Waals surface area (Å²) in [7, 11) is -2.27. The highest BCUT2D eigenvalue weighted by molar-refractivity contribution is 7.91. The molecule has 7 rings (SSSR count). The maximum atomic E-state index is 14.3. The normalized spacial score (nSPS) is 16.9. The number of benzene rings is 3. The van der Waals surface area contributed by atoms with Crippen LogP contribution in [0.1, 0.15) is 12.8 Å². The Balaban J connectivity index is 1.25. The highest BCUT2D eigenvalue weighted by Gasteiger charge is 2.30. The first-order valence-electron chi connectivity index (χ1n) is 15.6. The molecule has 0 aliphatic carbocycles. The third-order valence-corrected chi connectivity index (χ3v) is 10.6. The molecule has 1 N–H and O–H groups in total. The van der Waals surface area contributed by atoms with Crippen LogP contribution in [0.4, 0.5) is 17.3 Å². The van der Waals surface area contributed by atoms with Crippen LogP contribution in [0.3, 0.4) is 0 Å². The van der Waals surface area contributed by atoms with Crippen LogP contribution >= 0.6 is 0 Å². The van der Waals surface area contributed by atoms with Crippen LogP contribution in [-0.4, -0.2) is 79.5 Å². The summed E-state index contributed by atoms with van der Waals surface area (Å²) in [6.45, 7) is 4.46. The number of nitrogens with one attached hydrogen (secondary N) is 1. The molecule has 4 heterocycles. The zero-order valence-corrected chi connectivity index (χ0v) is 26.5. The molecule has 0 bridgehead atoms. The number of rotatable bonds is 9. The van der Waals surface area contributed by atoms with E-state index in [9.17, 15) is 13.2 Å². The lowest BCUT2D eigenvalue weighted by Crippen LogP contribution is -2.50. The van der Waals surface area contributed by atoms with E-state index < -0.39 is 9.84 Å². The van der Waals surface area contributed by atoms with Gasteiger partial charge in [-0.25, -0.2) is 13.4 Å². The summed E-state index contributed by atoms with van der Waals surface area (Å²) in [6.07, 6.45) is 4.21. The molecule has 2 fully saturated rings. The maximum Gasteiger partial charge on any atom is 0.264 e. The summed E-state index contributed by atoms with van der Waals surface area (Å²) in [4.78, 5) is 28.8. The van der Waals surface area contributed by atoms with Crippen molar-refractivity contribution < 1.29 is 13.2 Å². The van der Waals surface area contributed by atoms with Gasteiger partial charge in [0.2, 0.25) is 5.95 Å². The van der Waals surface area contributed by atoms with Crippen molar-refractivity contribution in [3.8, 4) is 16.8 Å². The predicted octanol–water partition coefficient (Wildman–Crippen LogP) is 4.90. The number of piperazine rings is 1. The average Bonchev–Trinajstić information content (AvgIpc) is 3.56. The first-order valence-corrected chi connectivity index (χ1v) is 17.2. The zero-order chi connectivity index (χ0) is 31.7. The van der Waals surface area contributed by atoms with Gasteiger partial charge in [-0.05, 0) is 67.9 Å². The molecule has 11 heteroatoms. The molecule has 46 heavy (non-hydrogen) atoms. The summed E-state index contributed by atoms with van der Waals surface area (Å²) in [6, 6.07) is 26.4. The van der Waals surface area contributed by atoms with E-state index in [0.29, 0.717) is 34.3 Å². The van der Waals surface area contributed by atoms with E-state index in [4.69, 9.17) is 9.72 Å². The van der Waals surface area contributed by atoms with Gasteiger partial charge in [-0.2, -0.15) is 4.98 Å². The number of sulfone groups is 1. The molecular weight excluding hydrogens is 600 g/mol. The SMILES string of the molecule is COCCS(=O)(=O)c1ccccc1-c1cc2cnc(Nc3ccc(N4CCN5CCCC5C4)cc3)nc2n(-c2ccccc2)c1=O. The number of pyridine rings is 1. The maximum absolute atomic E-state index is 14.3. The van der Waals surface area contributed by atoms with Gasteiger partial charge in [0.1, 0.15) is 0 Å². The molecule has 5 aromatic rings. The first kappa shape index (κ1) is 30.1.